The second-order valence-electron chi connectivity index (χ2n) is 4.83. The summed E-state index contributed by atoms with van der Waals surface area (Å²) in [4.78, 5) is 4.76. The van der Waals surface area contributed by atoms with Gasteiger partial charge < -0.3 is 10.3 Å². The number of benzene rings is 2. The van der Waals surface area contributed by atoms with Gasteiger partial charge in [0.15, 0.2) is 0 Å². The Morgan fingerprint density at radius 1 is 1.24 bits per heavy atom. The first-order chi connectivity index (χ1) is 10.1. The van der Waals surface area contributed by atoms with Crippen molar-refractivity contribution in [2.75, 3.05) is 0 Å². The van der Waals surface area contributed by atoms with Gasteiger partial charge in [0.2, 0.25) is 0 Å². The molecular formula is C16H15BrClN3. The molecule has 21 heavy (non-hydrogen) atoms. The fourth-order valence-electron chi connectivity index (χ4n) is 2.50. The summed E-state index contributed by atoms with van der Waals surface area (Å²) in [5.41, 5.74) is 9.78. The summed E-state index contributed by atoms with van der Waals surface area (Å²) >= 11 is 9.81. The van der Waals surface area contributed by atoms with Gasteiger partial charge in [-0.15, -0.1) is 0 Å². The van der Waals surface area contributed by atoms with Crippen LogP contribution in [-0.4, -0.2) is 9.55 Å². The summed E-state index contributed by atoms with van der Waals surface area (Å²) in [6.07, 6.45) is 0. The van der Waals surface area contributed by atoms with Crippen LogP contribution in [0, 0.1) is 0 Å². The van der Waals surface area contributed by atoms with Gasteiger partial charge in [-0.2, -0.15) is 0 Å². The number of aryl methyl sites for hydroxylation is 1. The molecule has 0 spiro atoms. The fraction of sp³-hybridized carbons (Fsp3) is 0.188. The first-order valence-electron chi connectivity index (χ1n) is 6.78. The van der Waals surface area contributed by atoms with Crippen molar-refractivity contribution in [1.29, 1.82) is 0 Å². The molecule has 3 rings (SSSR count). The minimum absolute atomic E-state index is 0.517. The molecule has 0 aliphatic rings. The average molecular weight is 365 g/mol. The van der Waals surface area contributed by atoms with Crippen LogP contribution in [0.25, 0.3) is 22.4 Å². The summed E-state index contributed by atoms with van der Waals surface area (Å²) in [5.74, 6) is 0.888. The van der Waals surface area contributed by atoms with Crippen molar-refractivity contribution in [3.8, 4) is 11.4 Å². The summed E-state index contributed by atoms with van der Waals surface area (Å²) < 4.78 is 3.13. The van der Waals surface area contributed by atoms with Gasteiger partial charge in [0, 0.05) is 23.1 Å². The van der Waals surface area contributed by atoms with E-state index < -0.39 is 0 Å². The molecule has 0 saturated heterocycles. The molecule has 0 saturated carbocycles. The molecule has 0 atom stereocenters. The molecule has 0 amide bonds. The van der Waals surface area contributed by atoms with Crippen LogP contribution < -0.4 is 5.73 Å². The zero-order valence-electron chi connectivity index (χ0n) is 11.6. The lowest BCUT2D eigenvalue weighted by atomic mass is 10.2. The third-order valence-corrected chi connectivity index (χ3v) is 4.34. The smallest absolute Gasteiger partial charge is 0.142 e. The topological polar surface area (TPSA) is 43.8 Å². The minimum atomic E-state index is 0.517. The molecule has 5 heteroatoms. The first kappa shape index (κ1) is 14.6. The van der Waals surface area contributed by atoms with Gasteiger partial charge in [-0.25, -0.2) is 4.98 Å². The maximum atomic E-state index is 6.38. The van der Waals surface area contributed by atoms with Crippen LogP contribution in [0.1, 0.15) is 12.5 Å². The zero-order chi connectivity index (χ0) is 15.0. The van der Waals surface area contributed by atoms with Crippen LogP contribution in [0.4, 0.5) is 0 Å². The highest BCUT2D eigenvalue weighted by atomic mass is 79.9. The highest BCUT2D eigenvalue weighted by Gasteiger charge is 2.14. The van der Waals surface area contributed by atoms with E-state index in [0.717, 1.165) is 39.0 Å². The molecule has 2 aromatic carbocycles. The highest BCUT2D eigenvalue weighted by Crippen LogP contribution is 2.32. The Kier molecular flexibility index (Phi) is 4.02. The van der Waals surface area contributed by atoms with Crippen molar-refractivity contribution in [2.45, 2.75) is 20.0 Å². The highest BCUT2D eigenvalue weighted by molar-refractivity contribution is 9.10. The van der Waals surface area contributed by atoms with E-state index in [1.165, 1.54) is 0 Å². The second-order valence-corrected chi connectivity index (χ2v) is 6.15. The van der Waals surface area contributed by atoms with Crippen molar-refractivity contribution in [3.05, 3.63) is 51.5 Å². The molecule has 0 fully saturated rings. The Morgan fingerprint density at radius 3 is 2.71 bits per heavy atom. The number of nitrogens with zero attached hydrogens (tertiary/aromatic N) is 2. The average Bonchev–Trinajstić information content (AvgIpc) is 2.84. The number of aromatic nitrogens is 2. The lowest BCUT2D eigenvalue weighted by Crippen LogP contribution is -1.98. The lowest BCUT2D eigenvalue weighted by Gasteiger charge is -2.08. The van der Waals surface area contributed by atoms with E-state index in [-0.39, 0.29) is 0 Å². The maximum Gasteiger partial charge on any atom is 0.142 e. The Hall–Kier alpha value is -1.36. The van der Waals surface area contributed by atoms with Crippen LogP contribution in [0.2, 0.25) is 5.02 Å². The quantitative estimate of drug-likeness (QED) is 0.738. The Bertz CT molecular complexity index is 811. The second kappa shape index (κ2) is 5.79. The van der Waals surface area contributed by atoms with E-state index in [2.05, 4.69) is 33.5 Å². The number of imidazole rings is 1. The number of hydrogen-bond donors (Lipinski definition) is 1. The summed E-state index contributed by atoms with van der Waals surface area (Å²) in [6.45, 7) is 3.46. The van der Waals surface area contributed by atoms with Crippen molar-refractivity contribution < 1.29 is 0 Å². The predicted molar refractivity (Wildman–Crippen MR) is 91.4 cm³/mol. The molecule has 2 N–H and O–H groups in total. The van der Waals surface area contributed by atoms with Gasteiger partial charge in [0.1, 0.15) is 5.82 Å². The molecule has 0 aliphatic carbocycles. The lowest BCUT2D eigenvalue weighted by molar-refractivity contribution is 0.796. The van der Waals surface area contributed by atoms with Crippen LogP contribution in [0.15, 0.2) is 40.9 Å². The summed E-state index contributed by atoms with van der Waals surface area (Å²) in [5, 5.41) is 0.688. The van der Waals surface area contributed by atoms with Gasteiger partial charge in [-0.05, 0) is 42.8 Å². The Labute approximate surface area is 136 Å². The van der Waals surface area contributed by atoms with Crippen LogP contribution >= 0.6 is 27.5 Å². The molecule has 0 unspecified atom stereocenters. The third kappa shape index (κ3) is 2.59. The number of nitrogens with two attached hydrogens (primary N) is 1. The van der Waals surface area contributed by atoms with Gasteiger partial charge in [0.05, 0.1) is 16.1 Å². The molecular weight excluding hydrogens is 350 g/mol. The number of fused-ring (bicyclic) bond motifs is 1. The molecule has 0 radical (unpaired) electrons. The largest absolute Gasteiger partial charge is 0.326 e. The van der Waals surface area contributed by atoms with Gasteiger partial charge in [0.25, 0.3) is 0 Å². The number of halogens is 2. The molecule has 3 nitrogen and oxygen atoms in total. The number of rotatable bonds is 3. The van der Waals surface area contributed by atoms with Gasteiger partial charge >= 0.3 is 0 Å². The van der Waals surface area contributed by atoms with Crippen molar-refractivity contribution >= 4 is 38.6 Å². The summed E-state index contributed by atoms with van der Waals surface area (Å²) in [7, 11) is 0. The van der Waals surface area contributed by atoms with Gasteiger partial charge in [-0.3, -0.25) is 0 Å². The standard InChI is InChI=1S/C16H15BrClN3/c1-2-21-15-6-3-10(9-19)7-14(15)20-16(21)12-5-4-11(17)8-13(12)18/h3-8H,2,9,19H2,1H3. The maximum absolute atomic E-state index is 6.38. The van der Waals surface area contributed by atoms with E-state index in [9.17, 15) is 0 Å². The van der Waals surface area contributed by atoms with Crippen LogP contribution in [0.3, 0.4) is 0 Å². The Balaban J connectivity index is 2.26. The van der Waals surface area contributed by atoms with Crippen LogP contribution in [0.5, 0.6) is 0 Å². The van der Waals surface area contributed by atoms with E-state index in [1.54, 1.807) is 0 Å². The van der Waals surface area contributed by atoms with E-state index >= 15 is 0 Å². The molecule has 3 aromatic rings. The monoisotopic (exact) mass is 363 g/mol. The Morgan fingerprint density at radius 2 is 2.05 bits per heavy atom. The molecule has 1 aromatic heterocycles. The summed E-state index contributed by atoms with van der Waals surface area (Å²) in [6, 6.07) is 12.0. The normalized spacial score (nSPS) is 11.2. The van der Waals surface area contributed by atoms with E-state index in [1.807, 2.05) is 30.3 Å². The van der Waals surface area contributed by atoms with E-state index in [4.69, 9.17) is 22.3 Å². The fourth-order valence-corrected chi connectivity index (χ4v) is 3.26. The first-order valence-corrected chi connectivity index (χ1v) is 7.95. The molecule has 0 bridgehead atoms. The SMILES string of the molecule is CCn1c(-c2ccc(Br)cc2Cl)nc2cc(CN)ccc21. The third-order valence-electron chi connectivity index (χ3n) is 3.54. The minimum Gasteiger partial charge on any atom is -0.326 e. The predicted octanol–water partition coefficient (Wildman–Crippen LogP) is 4.60. The molecule has 0 aliphatic heterocycles. The van der Waals surface area contributed by atoms with Crippen molar-refractivity contribution in [2.24, 2.45) is 5.73 Å². The van der Waals surface area contributed by atoms with Gasteiger partial charge in [-0.1, -0.05) is 33.6 Å². The zero-order valence-corrected chi connectivity index (χ0v) is 13.9. The molecule has 108 valence electrons. The number of hydrogen-bond acceptors (Lipinski definition) is 2. The van der Waals surface area contributed by atoms with E-state index in [0.29, 0.717) is 11.6 Å². The van der Waals surface area contributed by atoms with Crippen molar-refractivity contribution in [1.82, 2.24) is 9.55 Å². The molecule has 1 heterocycles. The van der Waals surface area contributed by atoms with Crippen molar-refractivity contribution in [3.63, 3.8) is 0 Å². The van der Waals surface area contributed by atoms with Crippen LogP contribution in [-0.2, 0) is 13.1 Å².